The van der Waals surface area contributed by atoms with Crippen molar-refractivity contribution in [3.8, 4) is 11.6 Å². The van der Waals surface area contributed by atoms with Gasteiger partial charge in [-0.2, -0.15) is 4.98 Å². The first kappa shape index (κ1) is 18.8. The Morgan fingerprint density at radius 2 is 2.11 bits per heavy atom. The second-order valence-electron chi connectivity index (χ2n) is 7.39. The number of anilines is 1. The Balaban J connectivity index is 1.45. The molecule has 0 saturated carbocycles. The van der Waals surface area contributed by atoms with E-state index in [1.807, 2.05) is 11.8 Å². The van der Waals surface area contributed by atoms with Crippen molar-refractivity contribution in [1.82, 2.24) is 20.0 Å². The van der Waals surface area contributed by atoms with E-state index >= 15 is 0 Å². The van der Waals surface area contributed by atoms with E-state index in [1.165, 1.54) is 0 Å². The number of halogens is 2. The molecule has 2 aliphatic heterocycles. The number of likely N-dealkylation sites (tertiary alicyclic amines) is 1. The van der Waals surface area contributed by atoms with Crippen LogP contribution in [0.1, 0.15) is 44.3 Å². The number of hydrogen-bond acceptors (Lipinski definition) is 6. The third-order valence-electron chi connectivity index (χ3n) is 5.45. The number of amides is 1. The zero-order valence-electron chi connectivity index (χ0n) is 15.8. The molecule has 0 unspecified atom stereocenters. The summed E-state index contributed by atoms with van der Waals surface area (Å²) in [5, 5.41) is 4.09. The van der Waals surface area contributed by atoms with Gasteiger partial charge >= 0.3 is 0 Å². The van der Waals surface area contributed by atoms with Crippen molar-refractivity contribution in [2.24, 2.45) is 0 Å². The Morgan fingerprint density at radius 3 is 2.79 bits per heavy atom. The average molecular weight is 391 g/mol. The fourth-order valence-corrected chi connectivity index (χ4v) is 3.80. The summed E-state index contributed by atoms with van der Waals surface area (Å²) in [6.45, 7) is 3.27. The van der Waals surface area contributed by atoms with Crippen LogP contribution in [-0.4, -0.2) is 58.0 Å². The van der Waals surface area contributed by atoms with Gasteiger partial charge in [-0.1, -0.05) is 12.1 Å². The number of pyridine rings is 1. The number of carbonyl (C=O) groups excluding carboxylic acids is 1. The first-order valence-electron chi connectivity index (χ1n) is 9.66. The Hall–Kier alpha value is -2.58. The molecule has 2 saturated heterocycles. The summed E-state index contributed by atoms with van der Waals surface area (Å²) in [6, 6.07) is 3.42. The van der Waals surface area contributed by atoms with Gasteiger partial charge in [0.1, 0.15) is 5.69 Å². The molecule has 150 valence electrons. The molecule has 0 aromatic carbocycles. The van der Waals surface area contributed by atoms with Crippen LogP contribution < -0.4 is 4.90 Å². The normalized spacial score (nSPS) is 20.0. The van der Waals surface area contributed by atoms with Crippen LogP contribution >= 0.6 is 0 Å². The summed E-state index contributed by atoms with van der Waals surface area (Å²) in [5.74, 6) is -1.46. The fraction of sp³-hybridized carbons (Fsp3) is 0.579. The molecular weight excluding hydrogens is 368 g/mol. The number of carbonyl (C=O) groups is 1. The molecule has 2 aromatic heterocycles. The lowest BCUT2D eigenvalue weighted by Crippen LogP contribution is -2.37. The van der Waals surface area contributed by atoms with E-state index in [0.29, 0.717) is 43.3 Å². The van der Waals surface area contributed by atoms with Crippen molar-refractivity contribution in [2.75, 3.05) is 31.1 Å². The molecule has 9 heteroatoms. The van der Waals surface area contributed by atoms with Crippen LogP contribution in [0, 0.1) is 0 Å². The third kappa shape index (κ3) is 3.83. The molecule has 28 heavy (non-hydrogen) atoms. The predicted molar refractivity (Wildman–Crippen MR) is 98.2 cm³/mol. The van der Waals surface area contributed by atoms with Crippen molar-refractivity contribution < 1.29 is 18.1 Å². The Labute approximate surface area is 161 Å². The Kier molecular flexibility index (Phi) is 4.99. The van der Waals surface area contributed by atoms with E-state index in [0.717, 1.165) is 12.8 Å². The minimum Gasteiger partial charge on any atom is -0.365 e. The molecule has 0 N–H and O–H groups in total. The average Bonchev–Trinajstić information content (AvgIpc) is 3.34. The lowest BCUT2D eigenvalue weighted by Gasteiger charge is -2.30. The van der Waals surface area contributed by atoms with Gasteiger partial charge in [-0.3, -0.25) is 9.78 Å². The van der Waals surface area contributed by atoms with Gasteiger partial charge in [0, 0.05) is 50.3 Å². The quantitative estimate of drug-likeness (QED) is 0.797. The van der Waals surface area contributed by atoms with Crippen LogP contribution in [0.4, 0.5) is 14.5 Å². The lowest BCUT2D eigenvalue weighted by molar-refractivity contribution is -0.131. The number of alkyl halides is 2. The minimum atomic E-state index is -2.66. The van der Waals surface area contributed by atoms with Crippen LogP contribution in [0.5, 0.6) is 0 Å². The van der Waals surface area contributed by atoms with Gasteiger partial charge in [-0.25, -0.2) is 8.78 Å². The van der Waals surface area contributed by atoms with E-state index in [4.69, 9.17) is 4.52 Å². The highest BCUT2D eigenvalue weighted by Crippen LogP contribution is 2.32. The van der Waals surface area contributed by atoms with Crippen molar-refractivity contribution in [3.05, 3.63) is 24.2 Å². The predicted octanol–water partition coefficient (Wildman–Crippen LogP) is 3.09. The Morgan fingerprint density at radius 1 is 1.32 bits per heavy atom. The van der Waals surface area contributed by atoms with Crippen molar-refractivity contribution in [3.63, 3.8) is 0 Å². The van der Waals surface area contributed by atoms with E-state index in [1.54, 1.807) is 23.2 Å². The Bertz CT molecular complexity index is 848. The second kappa shape index (κ2) is 7.44. The maximum absolute atomic E-state index is 13.5. The summed E-state index contributed by atoms with van der Waals surface area (Å²) in [5.41, 5.74) is 1.15. The molecule has 4 rings (SSSR count). The number of piperidine rings is 1. The molecule has 0 radical (unpaired) electrons. The van der Waals surface area contributed by atoms with Crippen molar-refractivity contribution in [2.45, 2.75) is 44.4 Å². The van der Waals surface area contributed by atoms with Crippen molar-refractivity contribution >= 4 is 11.6 Å². The van der Waals surface area contributed by atoms with E-state index in [9.17, 15) is 13.6 Å². The zero-order valence-corrected chi connectivity index (χ0v) is 15.8. The zero-order chi connectivity index (χ0) is 19.7. The molecule has 2 aliphatic rings. The van der Waals surface area contributed by atoms with Gasteiger partial charge < -0.3 is 14.3 Å². The van der Waals surface area contributed by atoms with Gasteiger partial charge in [0.2, 0.25) is 5.91 Å². The van der Waals surface area contributed by atoms with Gasteiger partial charge in [0.15, 0.2) is 5.82 Å². The number of aromatic nitrogens is 3. The topological polar surface area (TPSA) is 75.4 Å². The van der Waals surface area contributed by atoms with Crippen LogP contribution in [0.25, 0.3) is 11.6 Å². The van der Waals surface area contributed by atoms with E-state index < -0.39 is 5.92 Å². The summed E-state index contributed by atoms with van der Waals surface area (Å²) < 4.78 is 32.4. The highest BCUT2D eigenvalue weighted by Gasteiger charge is 2.38. The van der Waals surface area contributed by atoms with Crippen LogP contribution in [0.3, 0.4) is 0 Å². The van der Waals surface area contributed by atoms with Gasteiger partial charge in [-0.05, 0) is 25.0 Å². The SMILES string of the molecule is CCC(=O)N1CCC(c2noc(-c3cc(N4CCC(F)(F)C4)ccn3)n2)CC1. The first-order chi connectivity index (χ1) is 13.4. The third-order valence-corrected chi connectivity index (χ3v) is 5.45. The van der Waals surface area contributed by atoms with E-state index in [-0.39, 0.29) is 30.7 Å². The maximum atomic E-state index is 13.5. The largest absolute Gasteiger partial charge is 0.365 e. The van der Waals surface area contributed by atoms with Crippen LogP contribution in [0.15, 0.2) is 22.9 Å². The molecule has 0 spiro atoms. The molecule has 0 bridgehead atoms. The minimum absolute atomic E-state index is 0.138. The van der Waals surface area contributed by atoms with E-state index in [2.05, 4.69) is 15.1 Å². The molecule has 7 nitrogen and oxygen atoms in total. The van der Waals surface area contributed by atoms with Crippen molar-refractivity contribution in [1.29, 1.82) is 0 Å². The second-order valence-corrected chi connectivity index (χ2v) is 7.39. The van der Waals surface area contributed by atoms with Crippen LogP contribution in [-0.2, 0) is 4.79 Å². The molecule has 0 atom stereocenters. The highest BCUT2D eigenvalue weighted by atomic mass is 19.3. The lowest BCUT2D eigenvalue weighted by atomic mass is 9.96. The smallest absolute Gasteiger partial charge is 0.276 e. The van der Waals surface area contributed by atoms with Gasteiger partial charge in [0.05, 0.1) is 6.54 Å². The summed E-state index contributed by atoms with van der Waals surface area (Å²) in [7, 11) is 0. The number of rotatable bonds is 4. The molecule has 2 aromatic rings. The first-order valence-corrected chi connectivity index (χ1v) is 9.66. The van der Waals surface area contributed by atoms with Crippen LogP contribution in [0.2, 0.25) is 0 Å². The molecule has 1 amide bonds. The standard InChI is InChI=1S/C19H23F2N5O2/c1-2-16(27)25-8-4-13(5-9-25)17-23-18(28-24-17)15-11-14(3-7-22-15)26-10-6-19(20,21)12-26/h3,7,11,13H,2,4-6,8-10,12H2,1H3. The summed E-state index contributed by atoms with van der Waals surface area (Å²) in [4.78, 5) is 24.0. The highest BCUT2D eigenvalue weighted by molar-refractivity contribution is 5.75. The molecular formula is C19H23F2N5O2. The van der Waals surface area contributed by atoms with Gasteiger partial charge in [-0.15, -0.1) is 0 Å². The van der Waals surface area contributed by atoms with Gasteiger partial charge in [0.25, 0.3) is 11.8 Å². The molecule has 2 fully saturated rings. The maximum Gasteiger partial charge on any atom is 0.276 e. The summed E-state index contributed by atoms with van der Waals surface area (Å²) >= 11 is 0. The summed E-state index contributed by atoms with van der Waals surface area (Å²) in [6.07, 6.45) is 3.53. The fourth-order valence-electron chi connectivity index (χ4n) is 3.80. The number of hydrogen-bond donors (Lipinski definition) is 0. The molecule has 4 heterocycles. The number of nitrogens with zero attached hydrogens (tertiary/aromatic N) is 5. The monoisotopic (exact) mass is 391 g/mol. The molecule has 0 aliphatic carbocycles.